The SMILES string of the molecule is CC1=CC=C=C(P(C)C)C=C1. The topological polar surface area (TPSA) is 0 Å². The van der Waals surface area contributed by atoms with Gasteiger partial charge in [0.2, 0.25) is 0 Å². The summed E-state index contributed by atoms with van der Waals surface area (Å²) in [6.07, 6.45) is 8.41. The number of hydrogen-bond acceptors (Lipinski definition) is 0. The van der Waals surface area contributed by atoms with Crippen molar-refractivity contribution in [1.29, 1.82) is 0 Å². The zero-order chi connectivity index (χ0) is 8.27. The van der Waals surface area contributed by atoms with E-state index in [1.54, 1.807) is 0 Å². The van der Waals surface area contributed by atoms with Crippen molar-refractivity contribution in [3.8, 4) is 0 Å². The van der Waals surface area contributed by atoms with E-state index in [1.807, 2.05) is 6.08 Å². The predicted molar refractivity (Wildman–Crippen MR) is 53.3 cm³/mol. The van der Waals surface area contributed by atoms with Crippen LogP contribution in [0.25, 0.3) is 0 Å². The summed E-state index contributed by atoms with van der Waals surface area (Å²) in [7, 11) is -0.000556. The molecule has 1 heteroatoms. The van der Waals surface area contributed by atoms with E-state index in [4.69, 9.17) is 0 Å². The van der Waals surface area contributed by atoms with Gasteiger partial charge in [-0.3, -0.25) is 0 Å². The van der Waals surface area contributed by atoms with Gasteiger partial charge in [0.15, 0.2) is 0 Å². The third-order valence-electron chi connectivity index (χ3n) is 1.56. The van der Waals surface area contributed by atoms with Crippen LogP contribution in [0.3, 0.4) is 0 Å². The van der Waals surface area contributed by atoms with E-state index in [2.05, 4.69) is 44.2 Å². The van der Waals surface area contributed by atoms with Gasteiger partial charge in [0.25, 0.3) is 0 Å². The zero-order valence-electron chi connectivity index (χ0n) is 7.26. The largest absolute Gasteiger partial charge is 0.112 e. The highest BCUT2D eigenvalue weighted by molar-refractivity contribution is 7.60. The molecule has 0 nitrogen and oxygen atoms in total. The van der Waals surface area contributed by atoms with Gasteiger partial charge in [-0.25, -0.2) is 0 Å². The molecule has 0 amide bonds. The molecule has 0 saturated heterocycles. The van der Waals surface area contributed by atoms with Crippen LogP contribution in [-0.4, -0.2) is 13.3 Å². The molecule has 0 atom stereocenters. The smallest absolute Gasteiger partial charge is 0.0169 e. The normalized spacial score (nSPS) is 16.4. The molecule has 0 radical (unpaired) electrons. The third-order valence-corrected chi connectivity index (χ3v) is 2.81. The first-order chi connectivity index (χ1) is 5.20. The van der Waals surface area contributed by atoms with Crippen molar-refractivity contribution >= 4 is 7.92 Å². The lowest BCUT2D eigenvalue weighted by atomic mass is 10.3. The standard InChI is InChI=1S/C10H13P/c1-9-5-4-6-10(8-7-9)11(2)3/h4-5,7-8H,1-3H3. The van der Waals surface area contributed by atoms with Crippen molar-refractivity contribution in [3.05, 3.63) is 40.9 Å². The van der Waals surface area contributed by atoms with Crippen LogP contribution in [0.5, 0.6) is 0 Å². The summed E-state index contributed by atoms with van der Waals surface area (Å²) >= 11 is 0. The van der Waals surface area contributed by atoms with Crippen LogP contribution in [-0.2, 0) is 0 Å². The van der Waals surface area contributed by atoms with Crippen LogP contribution >= 0.6 is 7.92 Å². The Labute approximate surface area is 69.8 Å². The Morgan fingerprint density at radius 1 is 1.27 bits per heavy atom. The molecule has 1 aliphatic carbocycles. The Hall–Kier alpha value is -0.570. The highest BCUT2D eigenvalue weighted by Gasteiger charge is 1.97. The summed E-state index contributed by atoms with van der Waals surface area (Å²) in [5, 5.41) is 1.34. The van der Waals surface area contributed by atoms with Crippen LogP contribution < -0.4 is 0 Å². The van der Waals surface area contributed by atoms with E-state index >= 15 is 0 Å². The van der Waals surface area contributed by atoms with E-state index in [-0.39, 0.29) is 7.92 Å². The molecule has 0 aliphatic heterocycles. The second-order valence-electron chi connectivity index (χ2n) is 2.83. The summed E-state index contributed by atoms with van der Waals surface area (Å²) in [4.78, 5) is 0. The molecule has 0 saturated carbocycles. The Morgan fingerprint density at radius 2 is 2.00 bits per heavy atom. The van der Waals surface area contributed by atoms with Crippen molar-refractivity contribution in [1.82, 2.24) is 0 Å². The van der Waals surface area contributed by atoms with E-state index in [9.17, 15) is 0 Å². The van der Waals surface area contributed by atoms with Gasteiger partial charge in [0.1, 0.15) is 0 Å². The molecule has 0 unspecified atom stereocenters. The van der Waals surface area contributed by atoms with Crippen molar-refractivity contribution in [3.63, 3.8) is 0 Å². The minimum atomic E-state index is -0.000556. The van der Waals surface area contributed by atoms with E-state index in [1.165, 1.54) is 10.9 Å². The Bertz CT molecular complexity index is 261. The Balaban J connectivity index is 2.90. The minimum absolute atomic E-state index is 0.000556. The summed E-state index contributed by atoms with van der Waals surface area (Å²) in [6, 6.07) is 0. The minimum Gasteiger partial charge on any atom is -0.112 e. The lowest BCUT2D eigenvalue weighted by Crippen LogP contribution is -1.70. The molecule has 0 aromatic rings. The monoisotopic (exact) mass is 164 g/mol. The maximum absolute atomic E-state index is 3.27. The fourth-order valence-electron chi connectivity index (χ4n) is 0.851. The third kappa shape index (κ3) is 2.50. The summed E-state index contributed by atoms with van der Waals surface area (Å²) in [5.41, 5.74) is 4.56. The van der Waals surface area contributed by atoms with E-state index in [0.29, 0.717) is 0 Å². The van der Waals surface area contributed by atoms with Crippen molar-refractivity contribution in [2.75, 3.05) is 13.3 Å². The first kappa shape index (κ1) is 8.53. The van der Waals surface area contributed by atoms with Gasteiger partial charge >= 0.3 is 0 Å². The van der Waals surface area contributed by atoms with E-state index in [0.717, 1.165) is 0 Å². The fraction of sp³-hybridized carbons (Fsp3) is 0.300. The average Bonchev–Trinajstić information content (AvgIpc) is 2.13. The molecule has 1 rings (SSSR count). The van der Waals surface area contributed by atoms with Crippen LogP contribution in [0.2, 0.25) is 0 Å². The first-order valence-electron chi connectivity index (χ1n) is 3.69. The first-order valence-corrected chi connectivity index (χ1v) is 5.93. The maximum atomic E-state index is 3.27. The molecule has 0 bridgehead atoms. The molecule has 1 aliphatic rings. The molecule has 0 N–H and O–H groups in total. The quantitative estimate of drug-likeness (QED) is 0.412. The van der Waals surface area contributed by atoms with Crippen molar-refractivity contribution in [2.45, 2.75) is 6.92 Å². The average molecular weight is 164 g/mol. The van der Waals surface area contributed by atoms with Crippen LogP contribution in [0.1, 0.15) is 6.92 Å². The van der Waals surface area contributed by atoms with E-state index < -0.39 is 0 Å². The molecule has 58 valence electrons. The van der Waals surface area contributed by atoms with Gasteiger partial charge < -0.3 is 0 Å². The molecule has 0 fully saturated rings. The van der Waals surface area contributed by atoms with Crippen LogP contribution in [0.15, 0.2) is 40.9 Å². The number of allylic oxidation sites excluding steroid dienone is 5. The van der Waals surface area contributed by atoms with Gasteiger partial charge in [-0.05, 0) is 32.4 Å². The Morgan fingerprint density at radius 3 is 2.64 bits per heavy atom. The molecular weight excluding hydrogens is 151 g/mol. The highest BCUT2D eigenvalue weighted by Crippen LogP contribution is 2.36. The summed E-state index contributed by atoms with van der Waals surface area (Å²) in [6.45, 7) is 6.60. The second-order valence-corrected chi connectivity index (χ2v) is 5.11. The second kappa shape index (κ2) is 3.72. The molecular formula is C10H13P. The van der Waals surface area contributed by atoms with Crippen LogP contribution in [0.4, 0.5) is 0 Å². The molecule has 11 heavy (non-hydrogen) atoms. The van der Waals surface area contributed by atoms with Gasteiger partial charge in [-0.15, -0.1) is 5.73 Å². The predicted octanol–water partition coefficient (Wildman–Crippen LogP) is 3.28. The molecule has 0 aromatic carbocycles. The molecule has 0 spiro atoms. The van der Waals surface area contributed by atoms with Gasteiger partial charge in [-0.1, -0.05) is 25.6 Å². The van der Waals surface area contributed by atoms with Crippen molar-refractivity contribution < 1.29 is 0 Å². The Kier molecular flexibility index (Phi) is 2.88. The molecule has 0 heterocycles. The number of hydrogen-bond donors (Lipinski definition) is 0. The lowest BCUT2D eigenvalue weighted by Gasteiger charge is -2.01. The van der Waals surface area contributed by atoms with Gasteiger partial charge in [0, 0.05) is 5.31 Å². The summed E-state index contributed by atoms with van der Waals surface area (Å²) in [5.74, 6) is 0. The van der Waals surface area contributed by atoms with Gasteiger partial charge in [0.05, 0.1) is 0 Å². The maximum Gasteiger partial charge on any atom is 0.0169 e. The molecule has 0 aromatic heterocycles. The highest BCUT2D eigenvalue weighted by atomic mass is 31.1. The summed E-state index contributed by atoms with van der Waals surface area (Å²) < 4.78 is 0. The fourth-order valence-corrected chi connectivity index (χ4v) is 1.56. The zero-order valence-corrected chi connectivity index (χ0v) is 8.15. The van der Waals surface area contributed by atoms with Crippen LogP contribution in [0, 0.1) is 0 Å². The van der Waals surface area contributed by atoms with Gasteiger partial charge in [-0.2, -0.15) is 0 Å². The van der Waals surface area contributed by atoms with Crippen molar-refractivity contribution in [2.24, 2.45) is 0 Å². The number of rotatable bonds is 1. The lowest BCUT2D eigenvalue weighted by molar-refractivity contribution is 1.53.